The fraction of sp³-hybridized carbons (Fsp3) is 0.750. The third kappa shape index (κ3) is 3.24. The van der Waals surface area contributed by atoms with Crippen LogP contribution in [0.3, 0.4) is 0 Å². The van der Waals surface area contributed by atoms with E-state index >= 15 is 0 Å². The molecule has 166 valence electrons. The van der Waals surface area contributed by atoms with Crippen LogP contribution in [-0.4, -0.2) is 86.0 Å². The number of amides is 2. The average molecular weight is 439 g/mol. The molecule has 1 aliphatic carbocycles. The van der Waals surface area contributed by atoms with Crippen molar-refractivity contribution in [2.75, 3.05) is 46.5 Å². The predicted molar refractivity (Wildman–Crippen MR) is 109 cm³/mol. The van der Waals surface area contributed by atoms with Crippen molar-refractivity contribution in [1.82, 2.24) is 19.3 Å². The van der Waals surface area contributed by atoms with Gasteiger partial charge in [-0.25, -0.2) is 12.7 Å². The summed E-state index contributed by atoms with van der Waals surface area (Å²) in [6.07, 6.45) is 4.33. The quantitative estimate of drug-likeness (QED) is 0.696. The Morgan fingerprint density at radius 3 is 2.40 bits per heavy atom. The van der Waals surface area contributed by atoms with Gasteiger partial charge in [0.2, 0.25) is 15.9 Å². The minimum absolute atomic E-state index is 0.0205. The van der Waals surface area contributed by atoms with Gasteiger partial charge < -0.3 is 14.3 Å². The summed E-state index contributed by atoms with van der Waals surface area (Å²) in [7, 11) is 0.103. The molecule has 0 bridgehead atoms. The monoisotopic (exact) mass is 438 g/mol. The maximum atomic E-state index is 13.2. The van der Waals surface area contributed by atoms with Gasteiger partial charge in [0, 0.05) is 46.3 Å². The maximum absolute atomic E-state index is 13.2. The fourth-order valence-corrected chi connectivity index (χ4v) is 6.84. The number of nitrogens with zero attached hydrogens (tertiary/aromatic N) is 4. The molecule has 0 aromatic carbocycles. The molecule has 2 amide bonds. The second-order valence-corrected chi connectivity index (χ2v) is 11.4. The Morgan fingerprint density at radius 1 is 1.20 bits per heavy atom. The van der Waals surface area contributed by atoms with Gasteiger partial charge in [0.15, 0.2) is 5.69 Å². The zero-order valence-electron chi connectivity index (χ0n) is 18.0. The molecule has 2 aliphatic heterocycles. The fourth-order valence-electron chi connectivity index (χ4n) is 5.95. The summed E-state index contributed by atoms with van der Waals surface area (Å²) in [6.45, 7) is 3.55. The highest BCUT2D eigenvalue weighted by Gasteiger charge is 2.65. The standard InChI is InChI=1S/C20H30N4O5S/c1-14-11-15(21-29-14)17(25)23-9-7-19(8-10-23)5-6-20(18(26)22(2)3)13-24(12-16(19)20)30(4,27)28/h11,16H,5-10,12-13H2,1-4H3/t16-,20+/m0/s1. The molecule has 0 N–H and O–H groups in total. The largest absolute Gasteiger partial charge is 0.361 e. The van der Waals surface area contributed by atoms with E-state index in [1.165, 1.54) is 10.6 Å². The van der Waals surface area contributed by atoms with Crippen molar-refractivity contribution < 1.29 is 22.5 Å². The third-order valence-corrected chi connectivity index (χ3v) is 8.73. The van der Waals surface area contributed by atoms with E-state index in [0.29, 0.717) is 37.5 Å². The van der Waals surface area contributed by atoms with Crippen molar-refractivity contribution in [2.24, 2.45) is 16.7 Å². The second-order valence-electron chi connectivity index (χ2n) is 9.44. The lowest BCUT2D eigenvalue weighted by Gasteiger charge is -2.44. The van der Waals surface area contributed by atoms with Crippen LogP contribution in [0.25, 0.3) is 0 Å². The number of aryl methyl sites for hydroxylation is 1. The number of likely N-dealkylation sites (tertiary alicyclic amines) is 1. The van der Waals surface area contributed by atoms with Crippen molar-refractivity contribution >= 4 is 21.8 Å². The van der Waals surface area contributed by atoms with Crippen LogP contribution < -0.4 is 0 Å². The van der Waals surface area contributed by atoms with E-state index in [-0.39, 0.29) is 29.7 Å². The van der Waals surface area contributed by atoms with Crippen molar-refractivity contribution in [3.05, 3.63) is 17.5 Å². The van der Waals surface area contributed by atoms with E-state index in [1.807, 2.05) is 0 Å². The van der Waals surface area contributed by atoms with Crippen molar-refractivity contribution in [2.45, 2.75) is 32.6 Å². The highest BCUT2D eigenvalue weighted by molar-refractivity contribution is 7.88. The van der Waals surface area contributed by atoms with Crippen LogP contribution in [0.4, 0.5) is 0 Å². The number of piperidine rings is 1. The molecular weight excluding hydrogens is 408 g/mol. The number of hydrogen-bond acceptors (Lipinski definition) is 6. The van der Waals surface area contributed by atoms with Gasteiger partial charge in [0.05, 0.1) is 11.7 Å². The van der Waals surface area contributed by atoms with Gasteiger partial charge >= 0.3 is 0 Å². The minimum Gasteiger partial charge on any atom is -0.361 e. The summed E-state index contributed by atoms with van der Waals surface area (Å²) < 4.78 is 31.1. The molecule has 2 atom stereocenters. The summed E-state index contributed by atoms with van der Waals surface area (Å²) in [5, 5.41) is 3.83. The Kier molecular flexibility index (Phi) is 5.00. The number of carbonyl (C=O) groups excluding carboxylic acids is 2. The number of sulfonamides is 1. The summed E-state index contributed by atoms with van der Waals surface area (Å²) in [5.74, 6) is 0.453. The van der Waals surface area contributed by atoms with E-state index in [9.17, 15) is 18.0 Å². The molecule has 1 aromatic heterocycles. The first kappa shape index (κ1) is 21.3. The summed E-state index contributed by atoms with van der Waals surface area (Å²) >= 11 is 0. The smallest absolute Gasteiger partial charge is 0.276 e. The molecular formula is C20H30N4O5S. The topological polar surface area (TPSA) is 104 Å². The normalized spacial score (nSPS) is 28.7. The first-order valence-electron chi connectivity index (χ1n) is 10.4. The van der Waals surface area contributed by atoms with Gasteiger partial charge in [0.1, 0.15) is 5.76 Å². The molecule has 2 saturated heterocycles. The van der Waals surface area contributed by atoms with Crippen LogP contribution in [0.1, 0.15) is 41.9 Å². The number of carbonyl (C=O) groups is 2. The van der Waals surface area contributed by atoms with E-state index < -0.39 is 15.4 Å². The van der Waals surface area contributed by atoms with Crippen LogP contribution in [0, 0.1) is 23.7 Å². The van der Waals surface area contributed by atoms with Crippen LogP contribution in [0.2, 0.25) is 0 Å². The lowest BCUT2D eigenvalue weighted by Crippen LogP contribution is -2.49. The summed E-state index contributed by atoms with van der Waals surface area (Å²) in [5.41, 5.74) is -0.472. The number of fused-ring (bicyclic) bond motifs is 2. The Morgan fingerprint density at radius 2 is 1.87 bits per heavy atom. The number of rotatable bonds is 3. The molecule has 4 rings (SSSR count). The minimum atomic E-state index is -3.38. The van der Waals surface area contributed by atoms with Gasteiger partial charge in [-0.05, 0) is 43.9 Å². The van der Waals surface area contributed by atoms with E-state index in [0.717, 1.165) is 19.3 Å². The zero-order valence-corrected chi connectivity index (χ0v) is 18.9. The Hall–Kier alpha value is -1.94. The maximum Gasteiger partial charge on any atom is 0.276 e. The van der Waals surface area contributed by atoms with E-state index in [4.69, 9.17) is 4.52 Å². The van der Waals surface area contributed by atoms with Crippen LogP contribution >= 0.6 is 0 Å². The SMILES string of the molecule is Cc1cc(C(=O)N2CCC3(CC2)CC[C@@]2(C(=O)N(C)C)CN(S(C)(=O)=O)C[C@@H]32)no1. The highest BCUT2D eigenvalue weighted by atomic mass is 32.2. The molecule has 9 nitrogen and oxygen atoms in total. The molecule has 3 aliphatic rings. The lowest BCUT2D eigenvalue weighted by molar-refractivity contribution is -0.141. The Balaban J connectivity index is 1.57. The Bertz CT molecular complexity index is 964. The van der Waals surface area contributed by atoms with Gasteiger partial charge in [0.25, 0.3) is 5.91 Å². The van der Waals surface area contributed by atoms with Gasteiger partial charge in [-0.1, -0.05) is 5.16 Å². The van der Waals surface area contributed by atoms with Gasteiger partial charge in [-0.15, -0.1) is 0 Å². The molecule has 1 spiro atoms. The van der Waals surface area contributed by atoms with Crippen molar-refractivity contribution in [1.29, 1.82) is 0 Å². The lowest BCUT2D eigenvalue weighted by atomic mass is 9.65. The Labute approximate surface area is 177 Å². The van der Waals surface area contributed by atoms with Crippen molar-refractivity contribution in [3.63, 3.8) is 0 Å². The average Bonchev–Trinajstić information content (AvgIpc) is 3.36. The zero-order chi connectivity index (χ0) is 21.9. The third-order valence-electron chi connectivity index (χ3n) is 7.51. The molecule has 3 fully saturated rings. The molecule has 0 unspecified atom stereocenters. The second kappa shape index (κ2) is 7.05. The van der Waals surface area contributed by atoms with Crippen LogP contribution in [0.15, 0.2) is 10.6 Å². The molecule has 1 aromatic rings. The van der Waals surface area contributed by atoms with E-state index in [2.05, 4.69) is 5.16 Å². The van der Waals surface area contributed by atoms with Crippen LogP contribution in [-0.2, 0) is 14.8 Å². The summed E-state index contributed by atoms with van der Waals surface area (Å²) in [6, 6.07) is 1.64. The van der Waals surface area contributed by atoms with Crippen molar-refractivity contribution in [3.8, 4) is 0 Å². The molecule has 30 heavy (non-hydrogen) atoms. The van der Waals surface area contributed by atoms with Gasteiger partial charge in [-0.2, -0.15) is 0 Å². The first-order valence-corrected chi connectivity index (χ1v) is 12.2. The summed E-state index contributed by atoms with van der Waals surface area (Å²) in [4.78, 5) is 29.4. The molecule has 1 saturated carbocycles. The van der Waals surface area contributed by atoms with Crippen LogP contribution in [0.5, 0.6) is 0 Å². The molecule has 0 radical (unpaired) electrons. The van der Waals surface area contributed by atoms with Gasteiger partial charge in [-0.3, -0.25) is 9.59 Å². The number of aromatic nitrogens is 1. The predicted octanol–water partition coefficient (Wildman–Crippen LogP) is 0.965. The molecule has 3 heterocycles. The number of hydrogen-bond donors (Lipinski definition) is 0. The molecule has 10 heteroatoms. The first-order chi connectivity index (χ1) is 14.0. The van der Waals surface area contributed by atoms with E-state index in [1.54, 1.807) is 36.9 Å². The highest BCUT2D eigenvalue weighted by Crippen LogP contribution is 2.62.